The third kappa shape index (κ3) is 4.95. The molecule has 2 rings (SSSR count). The van der Waals surface area contributed by atoms with E-state index in [-0.39, 0.29) is 0 Å². The molecule has 0 aliphatic heterocycles. The lowest BCUT2D eigenvalue weighted by Crippen LogP contribution is -2.02. The molecule has 0 bridgehead atoms. The first-order chi connectivity index (χ1) is 10.7. The molecule has 0 spiro atoms. The van der Waals surface area contributed by atoms with Gasteiger partial charge in [0.15, 0.2) is 0 Å². The van der Waals surface area contributed by atoms with Gasteiger partial charge >= 0.3 is 6.16 Å². The Kier molecular flexibility index (Phi) is 6.07. The molecule has 0 heterocycles. The van der Waals surface area contributed by atoms with Crippen LogP contribution >= 0.6 is 0 Å². The lowest BCUT2D eigenvalue weighted by atomic mass is 10.1. The van der Waals surface area contributed by atoms with Gasteiger partial charge in [0.05, 0.1) is 6.61 Å². The van der Waals surface area contributed by atoms with Gasteiger partial charge in [0.25, 0.3) is 0 Å². The molecule has 2 aromatic carbocycles. The second kappa shape index (κ2) is 8.27. The van der Waals surface area contributed by atoms with Gasteiger partial charge in [-0.15, -0.1) is 0 Å². The maximum atomic E-state index is 10.5. The first-order valence-electron chi connectivity index (χ1n) is 7.76. The third-order valence-corrected chi connectivity index (χ3v) is 3.50. The molecule has 0 atom stereocenters. The van der Waals surface area contributed by atoms with E-state index >= 15 is 0 Å². The van der Waals surface area contributed by atoms with Gasteiger partial charge in [0.2, 0.25) is 0 Å². The Hall–Kier alpha value is -2.23. The molecule has 0 unspecified atom stereocenters. The molecule has 118 valence electrons. The summed E-state index contributed by atoms with van der Waals surface area (Å²) in [7, 11) is 0. The molecule has 2 aromatic rings. The molecule has 4 nitrogen and oxygen atoms in total. The van der Waals surface area contributed by atoms with E-state index in [1.807, 2.05) is 24.3 Å². The van der Waals surface area contributed by atoms with E-state index in [4.69, 9.17) is 9.84 Å². The highest BCUT2D eigenvalue weighted by Gasteiger charge is 2.03. The molecule has 0 saturated carbocycles. The fraction of sp³-hybridized carbons (Fsp3) is 0.389. The Morgan fingerprint density at radius 1 is 0.955 bits per heavy atom. The summed E-state index contributed by atoms with van der Waals surface area (Å²) in [5, 5.41) is 10.5. The largest absolute Gasteiger partial charge is 0.511 e. The van der Waals surface area contributed by atoms with E-state index < -0.39 is 6.16 Å². The number of ether oxygens (including phenoxy) is 2. The summed E-state index contributed by atoms with van der Waals surface area (Å²) >= 11 is 0. The monoisotopic (exact) mass is 302 g/mol. The second-order valence-corrected chi connectivity index (χ2v) is 5.30. The summed E-state index contributed by atoms with van der Waals surface area (Å²) in [6.07, 6.45) is 4.78. The summed E-state index contributed by atoms with van der Waals surface area (Å²) in [5.74, 6) is 1.17. The topological polar surface area (TPSA) is 55.8 Å². The molecule has 0 fully saturated rings. The Bertz CT molecular complexity index is 622. The number of hydrogen-bond acceptors (Lipinski definition) is 3. The smallest absolute Gasteiger partial charge is 0.494 e. The molecule has 0 amide bonds. The quantitative estimate of drug-likeness (QED) is 0.411. The zero-order valence-electron chi connectivity index (χ0n) is 12.9. The lowest BCUT2D eigenvalue weighted by Gasteiger charge is -2.08. The van der Waals surface area contributed by atoms with Crippen molar-refractivity contribution >= 4 is 16.9 Å². The lowest BCUT2D eigenvalue weighted by molar-refractivity contribution is 0.144. The molecular weight excluding hydrogens is 280 g/mol. The molecular formula is C18H22O4. The predicted molar refractivity (Wildman–Crippen MR) is 86.9 cm³/mol. The van der Waals surface area contributed by atoms with Crippen molar-refractivity contribution in [3.8, 4) is 11.5 Å². The van der Waals surface area contributed by atoms with Crippen LogP contribution in [0.4, 0.5) is 4.79 Å². The van der Waals surface area contributed by atoms with E-state index in [2.05, 4.69) is 11.7 Å². The second-order valence-electron chi connectivity index (χ2n) is 5.30. The molecule has 0 aliphatic rings. The maximum Gasteiger partial charge on any atom is 0.511 e. The van der Waals surface area contributed by atoms with Crippen LogP contribution < -0.4 is 9.47 Å². The van der Waals surface area contributed by atoms with Crippen molar-refractivity contribution in [2.24, 2.45) is 0 Å². The van der Waals surface area contributed by atoms with Crippen LogP contribution in [-0.4, -0.2) is 17.9 Å². The molecule has 0 aliphatic carbocycles. The highest BCUT2D eigenvalue weighted by Crippen LogP contribution is 2.25. The molecule has 0 saturated heterocycles. The van der Waals surface area contributed by atoms with Crippen molar-refractivity contribution in [1.82, 2.24) is 0 Å². The third-order valence-electron chi connectivity index (χ3n) is 3.50. The van der Waals surface area contributed by atoms with Crippen molar-refractivity contribution in [2.75, 3.05) is 6.61 Å². The van der Waals surface area contributed by atoms with E-state index in [9.17, 15) is 4.79 Å². The SMILES string of the molecule is CCCCCCCOc1ccc2cc(OC(=O)O)ccc2c1. The van der Waals surface area contributed by atoms with Crippen LogP contribution in [0.25, 0.3) is 10.8 Å². The summed E-state index contributed by atoms with van der Waals surface area (Å²) in [6.45, 7) is 2.94. The van der Waals surface area contributed by atoms with Crippen molar-refractivity contribution in [1.29, 1.82) is 0 Å². The Balaban J connectivity index is 1.91. The normalized spacial score (nSPS) is 10.6. The maximum absolute atomic E-state index is 10.5. The minimum absolute atomic E-state index is 0.324. The highest BCUT2D eigenvalue weighted by atomic mass is 16.7. The number of carbonyl (C=O) groups is 1. The first kappa shape index (κ1) is 16.1. The molecule has 0 aromatic heterocycles. The fourth-order valence-electron chi connectivity index (χ4n) is 2.35. The van der Waals surface area contributed by atoms with Gasteiger partial charge in [-0.1, -0.05) is 44.7 Å². The van der Waals surface area contributed by atoms with E-state index in [0.29, 0.717) is 5.75 Å². The summed E-state index contributed by atoms with van der Waals surface area (Å²) in [5.41, 5.74) is 0. The fourth-order valence-corrected chi connectivity index (χ4v) is 2.35. The van der Waals surface area contributed by atoms with Gasteiger partial charge < -0.3 is 14.6 Å². The van der Waals surface area contributed by atoms with Crippen LogP contribution in [0.1, 0.15) is 39.0 Å². The zero-order chi connectivity index (χ0) is 15.8. The minimum atomic E-state index is -1.30. The Labute approximate surface area is 130 Å². The standard InChI is InChI=1S/C18H22O4/c1-2-3-4-5-6-11-21-16-9-7-15-13-17(22-18(19)20)10-8-14(15)12-16/h7-10,12-13H,2-6,11H2,1H3,(H,19,20). The van der Waals surface area contributed by atoms with Gasteiger partial charge in [0, 0.05) is 0 Å². The predicted octanol–water partition coefficient (Wildman–Crippen LogP) is 5.25. The van der Waals surface area contributed by atoms with E-state index in [0.717, 1.165) is 29.5 Å². The molecule has 4 heteroatoms. The Morgan fingerprint density at radius 3 is 2.27 bits per heavy atom. The number of unbranched alkanes of at least 4 members (excludes halogenated alkanes) is 4. The molecule has 1 N–H and O–H groups in total. The molecule has 0 radical (unpaired) electrons. The van der Waals surface area contributed by atoms with Crippen molar-refractivity contribution in [3.63, 3.8) is 0 Å². The van der Waals surface area contributed by atoms with Crippen LogP contribution in [0.15, 0.2) is 36.4 Å². The number of hydrogen-bond donors (Lipinski definition) is 1. The van der Waals surface area contributed by atoms with Crippen LogP contribution in [0.3, 0.4) is 0 Å². The zero-order valence-corrected chi connectivity index (χ0v) is 12.9. The average molecular weight is 302 g/mol. The van der Waals surface area contributed by atoms with Crippen LogP contribution in [-0.2, 0) is 0 Å². The van der Waals surface area contributed by atoms with E-state index in [1.54, 1.807) is 12.1 Å². The molecule has 22 heavy (non-hydrogen) atoms. The van der Waals surface area contributed by atoms with Crippen molar-refractivity contribution < 1.29 is 19.4 Å². The van der Waals surface area contributed by atoms with Crippen LogP contribution in [0.2, 0.25) is 0 Å². The van der Waals surface area contributed by atoms with Crippen LogP contribution in [0, 0.1) is 0 Å². The van der Waals surface area contributed by atoms with Gasteiger partial charge in [-0.05, 0) is 41.5 Å². The van der Waals surface area contributed by atoms with Gasteiger partial charge in [-0.3, -0.25) is 0 Å². The minimum Gasteiger partial charge on any atom is -0.494 e. The van der Waals surface area contributed by atoms with E-state index in [1.165, 1.54) is 25.7 Å². The number of rotatable bonds is 8. The summed E-state index contributed by atoms with van der Waals surface area (Å²) in [6, 6.07) is 11.0. The van der Waals surface area contributed by atoms with Crippen molar-refractivity contribution in [3.05, 3.63) is 36.4 Å². The van der Waals surface area contributed by atoms with Crippen molar-refractivity contribution in [2.45, 2.75) is 39.0 Å². The number of carboxylic acid groups (broad SMARTS) is 1. The average Bonchev–Trinajstić information content (AvgIpc) is 2.50. The van der Waals surface area contributed by atoms with Gasteiger partial charge in [-0.25, -0.2) is 4.79 Å². The summed E-state index contributed by atoms with van der Waals surface area (Å²) in [4.78, 5) is 10.5. The Morgan fingerprint density at radius 2 is 1.59 bits per heavy atom. The number of fused-ring (bicyclic) bond motifs is 1. The number of benzene rings is 2. The van der Waals surface area contributed by atoms with Gasteiger partial charge in [0.1, 0.15) is 11.5 Å². The van der Waals surface area contributed by atoms with Crippen LogP contribution in [0.5, 0.6) is 11.5 Å². The highest BCUT2D eigenvalue weighted by molar-refractivity contribution is 5.85. The first-order valence-corrected chi connectivity index (χ1v) is 7.76. The van der Waals surface area contributed by atoms with Gasteiger partial charge in [-0.2, -0.15) is 0 Å². The summed E-state index contributed by atoms with van der Waals surface area (Å²) < 4.78 is 10.4.